The van der Waals surface area contributed by atoms with Crippen LogP contribution in [0.1, 0.15) is 13.8 Å². The molecule has 2 aliphatic heterocycles. The Kier molecular flexibility index (Phi) is 7.01. The maximum absolute atomic E-state index is 12.7. The van der Waals surface area contributed by atoms with E-state index < -0.39 is 0 Å². The van der Waals surface area contributed by atoms with Gasteiger partial charge in [-0.3, -0.25) is 19.4 Å². The lowest BCUT2D eigenvalue weighted by Gasteiger charge is -2.37. The SMILES string of the molecule is CNC(=O)[C@H]1CN(C)CCN(C(=O)CN2CCN(C(C)C)CC2)C1. The van der Waals surface area contributed by atoms with Gasteiger partial charge in [-0.25, -0.2) is 0 Å². The molecule has 0 radical (unpaired) electrons. The third kappa shape index (κ3) is 5.16. The van der Waals surface area contributed by atoms with Crippen LogP contribution >= 0.6 is 0 Å². The fraction of sp³-hybridized carbons (Fsp3) is 0.882. The highest BCUT2D eigenvalue weighted by Crippen LogP contribution is 2.11. The lowest BCUT2D eigenvalue weighted by molar-refractivity contribution is -0.134. The van der Waals surface area contributed by atoms with E-state index >= 15 is 0 Å². The highest BCUT2D eigenvalue weighted by Gasteiger charge is 2.29. The normalized spacial score (nSPS) is 24.9. The summed E-state index contributed by atoms with van der Waals surface area (Å²) in [6.45, 7) is 11.6. The molecule has 2 saturated heterocycles. The lowest BCUT2D eigenvalue weighted by Crippen LogP contribution is -2.52. The predicted molar refractivity (Wildman–Crippen MR) is 94.8 cm³/mol. The molecule has 2 rings (SSSR count). The molecule has 1 N–H and O–H groups in total. The monoisotopic (exact) mass is 339 g/mol. The molecular weight excluding hydrogens is 306 g/mol. The Balaban J connectivity index is 1.88. The van der Waals surface area contributed by atoms with Gasteiger partial charge in [0, 0.05) is 65.4 Å². The largest absolute Gasteiger partial charge is 0.359 e. The first-order valence-electron chi connectivity index (χ1n) is 9.05. The summed E-state index contributed by atoms with van der Waals surface area (Å²) in [6, 6.07) is 0.567. The second-order valence-electron chi connectivity index (χ2n) is 7.32. The number of hydrogen-bond acceptors (Lipinski definition) is 5. The Morgan fingerprint density at radius 1 is 1.04 bits per heavy atom. The van der Waals surface area contributed by atoms with Crippen LogP contribution in [0.4, 0.5) is 0 Å². The highest BCUT2D eigenvalue weighted by atomic mass is 16.2. The second-order valence-corrected chi connectivity index (χ2v) is 7.32. The summed E-state index contributed by atoms with van der Waals surface area (Å²) >= 11 is 0. The molecule has 7 nitrogen and oxygen atoms in total. The van der Waals surface area contributed by atoms with Crippen molar-refractivity contribution in [1.82, 2.24) is 24.9 Å². The van der Waals surface area contributed by atoms with Gasteiger partial charge in [0.1, 0.15) is 0 Å². The summed E-state index contributed by atoms with van der Waals surface area (Å²) in [5.74, 6) is 0.0218. The summed E-state index contributed by atoms with van der Waals surface area (Å²) in [5.41, 5.74) is 0. The van der Waals surface area contributed by atoms with Crippen LogP contribution in [0.2, 0.25) is 0 Å². The van der Waals surface area contributed by atoms with E-state index in [0.29, 0.717) is 32.2 Å². The molecule has 0 aromatic carbocycles. The highest BCUT2D eigenvalue weighted by molar-refractivity contribution is 5.81. The van der Waals surface area contributed by atoms with Crippen molar-refractivity contribution in [3.8, 4) is 0 Å². The van der Waals surface area contributed by atoms with Crippen LogP contribution in [0.5, 0.6) is 0 Å². The van der Waals surface area contributed by atoms with E-state index in [9.17, 15) is 9.59 Å². The first-order valence-corrected chi connectivity index (χ1v) is 9.05. The van der Waals surface area contributed by atoms with Crippen LogP contribution in [0.25, 0.3) is 0 Å². The van der Waals surface area contributed by atoms with Crippen molar-refractivity contribution in [3.05, 3.63) is 0 Å². The minimum absolute atomic E-state index is 0.0205. The Morgan fingerprint density at radius 3 is 2.29 bits per heavy atom. The fourth-order valence-electron chi connectivity index (χ4n) is 3.50. The number of likely N-dealkylation sites (N-methyl/N-ethyl adjacent to an activating group) is 1. The number of carbonyl (C=O) groups excluding carboxylic acids is 2. The van der Waals surface area contributed by atoms with E-state index in [1.807, 2.05) is 11.9 Å². The molecule has 0 bridgehead atoms. The zero-order chi connectivity index (χ0) is 17.7. The minimum Gasteiger partial charge on any atom is -0.359 e. The molecule has 24 heavy (non-hydrogen) atoms. The van der Waals surface area contributed by atoms with Gasteiger partial charge < -0.3 is 15.1 Å². The molecule has 2 heterocycles. The van der Waals surface area contributed by atoms with Crippen molar-refractivity contribution in [1.29, 1.82) is 0 Å². The quantitative estimate of drug-likeness (QED) is 0.723. The second kappa shape index (κ2) is 8.78. The molecule has 0 spiro atoms. The molecule has 7 heteroatoms. The number of nitrogens with one attached hydrogen (secondary N) is 1. The van der Waals surface area contributed by atoms with Crippen LogP contribution in [0, 0.1) is 5.92 Å². The predicted octanol–water partition coefficient (Wildman–Crippen LogP) is -0.851. The van der Waals surface area contributed by atoms with Crippen molar-refractivity contribution >= 4 is 11.8 Å². The van der Waals surface area contributed by atoms with Crippen LogP contribution in [-0.2, 0) is 9.59 Å². The first kappa shape index (κ1) is 19.1. The number of amides is 2. The molecule has 2 fully saturated rings. The number of rotatable bonds is 4. The summed E-state index contributed by atoms with van der Waals surface area (Å²) in [5, 5.41) is 2.72. The number of carbonyl (C=O) groups is 2. The molecule has 0 unspecified atom stereocenters. The van der Waals surface area contributed by atoms with Gasteiger partial charge in [-0.1, -0.05) is 0 Å². The Hall–Kier alpha value is -1.18. The van der Waals surface area contributed by atoms with Crippen molar-refractivity contribution in [2.45, 2.75) is 19.9 Å². The lowest BCUT2D eigenvalue weighted by atomic mass is 10.1. The van der Waals surface area contributed by atoms with Gasteiger partial charge >= 0.3 is 0 Å². The van der Waals surface area contributed by atoms with Gasteiger partial charge in [-0.05, 0) is 20.9 Å². The Bertz CT molecular complexity index is 435. The van der Waals surface area contributed by atoms with Crippen molar-refractivity contribution in [3.63, 3.8) is 0 Å². The molecule has 2 aliphatic rings. The van der Waals surface area contributed by atoms with E-state index in [0.717, 1.165) is 32.7 Å². The van der Waals surface area contributed by atoms with E-state index in [-0.39, 0.29) is 17.7 Å². The standard InChI is InChI=1S/C17H33N5O2/c1-14(2)21-9-6-20(7-10-21)13-16(23)22-8-5-19(4)11-15(12-22)17(24)18-3/h14-15H,5-13H2,1-4H3,(H,18,24)/t15-/m0/s1. The van der Waals surface area contributed by atoms with Gasteiger partial charge in [-0.2, -0.15) is 0 Å². The summed E-state index contributed by atoms with van der Waals surface area (Å²) in [7, 11) is 3.67. The number of nitrogens with zero attached hydrogens (tertiary/aromatic N) is 4. The molecule has 1 atom stereocenters. The van der Waals surface area contributed by atoms with E-state index in [4.69, 9.17) is 0 Å². The maximum Gasteiger partial charge on any atom is 0.236 e. The van der Waals surface area contributed by atoms with Crippen LogP contribution < -0.4 is 5.32 Å². The van der Waals surface area contributed by atoms with Crippen LogP contribution in [0.15, 0.2) is 0 Å². The first-order chi connectivity index (χ1) is 11.4. The van der Waals surface area contributed by atoms with Gasteiger partial charge in [0.25, 0.3) is 0 Å². The summed E-state index contributed by atoms with van der Waals surface area (Å²) in [4.78, 5) is 33.4. The van der Waals surface area contributed by atoms with Crippen molar-refractivity contribution in [2.24, 2.45) is 5.92 Å². The van der Waals surface area contributed by atoms with Crippen LogP contribution in [0.3, 0.4) is 0 Å². The average molecular weight is 339 g/mol. The fourth-order valence-corrected chi connectivity index (χ4v) is 3.50. The van der Waals surface area contributed by atoms with E-state index in [2.05, 4.69) is 33.9 Å². The minimum atomic E-state index is -0.149. The topological polar surface area (TPSA) is 59.1 Å². The zero-order valence-electron chi connectivity index (χ0n) is 15.6. The van der Waals surface area contributed by atoms with Gasteiger partial charge in [-0.15, -0.1) is 0 Å². The molecule has 0 aromatic heterocycles. The van der Waals surface area contributed by atoms with Crippen LogP contribution in [-0.4, -0.2) is 110 Å². The van der Waals surface area contributed by atoms with Crippen molar-refractivity contribution in [2.75, 3.05) is 73.0 Å². The van der Waals surface area contributed by atoms with Gasteiger partial charge in [0.05, 0.1) is 12.5 Å². The van der Waals surface area contributed by atoms with E-state index in [1.165, 1.54) is 0 Å². The summed E-state index contributed by atoms with van der Waals surface area (Å²) < 4.78 is 0. The Morgan fingerprint density at radius 2 is 1.71 bits per heavy atom. The molecular formula is C17H33N5O2. The molecule has 0 aromatic rings. The maximum atomic E-state index is 12.7. The third-order valence-corrected chi connectivity index (χ3v) is 5.19. The number of hydrogen-bond donors (Lipinski definition) is 1. The smallest absolute Gasteiger partial charge is 0.236 e. The van der Waals surface area contributed by atoms with Gasteiger partial charge in [0.2, 0.25) is 11.8 Å². The zero-order valence-corrected chi connectivity index (χ0v) is 15.6. The molecule has 138 valence electrons. The average Bonchev–Trinajstić information content (AvgIpc) is 2.76. The van der Waals surface area contributed by atoms with Crippen molar-refractivity contribution < 1.29 is 9.59 Å². The van der Waals surface area contributed by atoms with E-state index in [1.54, 1.807) is 7.05 Å². The molecule has 0 aliphatic carbocycles. The molecule has 0 saturated carbocycles. The molecule has 2 amide bonds. The third-order valence-electron chi connectivity index (χ3n) is 5.19. The summed E-state index contributed by atoms with van der Waals surface area (Å²) in [6.07, 6.45) is 0. The Labute approximate surface area is 145 Å². The van der Waals surface area contributed by atoms with Gasteiger partial charge in [0.15, 0.2) is 0 Å². The number of piperazine rings is 1.